The van der Waals surface area contributed by atoms with Crippen LogP contribution >= 0.6 is 0 Å². The summed E-state index contributed by atoms with van der Waals surface area (Å²) in [4.78, 5) is 33.8. The summed E-state index contributed by atoms with van der Waals surface area (Å²) in [6.07, 6.45) is 1.53. The summed E-state index contributed by atoms with van der Waals surface area (Å²) < 4.78 is 13.3. The fraction of sp³-hybridized carbons (Fsp3) is 0.316. The molecular weight excluding hydrogens is 335 g/mol. The van der Waals surface area contributed by atoms with Gasteiger partial charge in [0.1, 0.15) is 11.6 Å². The summed E-state index contributed by atoms with van der Waals surface area (Å²) in [5.74, 6) is 0.222. The summed E-state index contributed by atoms with van der Waals surface area (Å²) in [5.41, 5.74) is 1.28. The highest BCUT2D eigenvalue weighted by Crippen LogP contribution is 2.17. The standard InChI is InChI=1S/C19H21FN4O2/c1-22(2)19(26)15-6-7-17(21-11-15)23-8-9-24(18(25)13-23)12-14-4-3-5-16(20)10-14/h3-7,10-11H,8-9,12-13H2,1-2H3. The molecule has 0 aliphatic carbocycles. The Labute approximate surface area is 151 Å². The summed E-state index contributed by atoms with van der Waals surface area (Å²) in [7, 11) is 3.37. The molecule has 2 aromatic rings. The van der Waals surface area contributed by atoms with Crippen LogP contribution in [0.2, 0.25) is 0 Å². The van der Waals surface area contributed by atoms with Crippen molar-refractivity contribution >= 4 is 17.6 Å². The monoisotopic (exact) mass is 356 g/mol. The highest BCUT2D eigenvalue weighted by molar-refractivity contribution is 5.93. The van der Waals surface area contributed by atoms with Crippen LogP contribution < -0.4 is 4.90 Å². The van der Waals surface area contributed by atoms with Crippen LogP contribution in [0.5, 0.6) is 0 Å². The maximum absolute atomic E-state index is 13.3. The zero-order chi connectivity index (χ0) is 18.7. The highest BCUT2D eigenvalue weighted by atomic mass is 19.1. The molecule has 0 atom stereocenters. The normalized spacial score (nSPS) is 14.5. The van der Waals surface area contributed by atoms with Crippen molar-refractivity contribution in [3.63, 3.8) is 0 Å². The number of pyridine rings is 1. The molecule has 0 radical (unpaired) electrons. The summed E-state index contributed by atoms with van der Waals surface area (Å²) in [6, 6.07) is 9.76. The smallest absolute Gasteiger partial charge is 0.254 e. The number of halogens is 1. The zero-order valence-electron chi connectivity index (χ0n) is 14.9. The van der Waals surface area contributed by atoms with Gasteiger partial charge in [0.2, 0.25) is 5.91 Å². The molecular formula is C19H21FN4O2. The van der Waals surface area contributed by atoms with E-state index in [9.17, 15) is 14.0 Å². The molecule has 2 heterocycles. The van der Waals surface area contributed by atoms with E-state index in [0.29, 0.717) is 31.0 Å². The molecule has 1 aliphatic heterocycles. The topological polar surface area (TPSA) is 56.8 Å². The van der Waals surface area contributed by atoms with E-state index in [-0.39, 0.29) is 24.2 Å². The Hall–Kier alpha value is -2.96. The number of hydrogen-bond acceptors (Lipinski definition) is 4. The van der Waals surface area contributed by atoms with E-state index < -0.39 is 0 Å². The van der Waals surface area contributed by atoms with E-state index in [4.69, 9.17) is 0 Å². The first-order chi connectivity index (χ1) is 12.4. The van der Waals surface area contributed by atoms with Crippen molar-refractivity contribution in [2.75, 3.05) is 38.6 Å². The van der Waals surface area contributed by atoms with E-state index in [2.05, 4.69) is 4.98 Å². The minimum absolute atomic E-state index is 0.0317. The second kappa shape index (κ2) is 7.51. The summed E-state index contributed by atoms with van der Waals surface area (Å²) in [5, 5.41) is 0. The van der Waals surface area contributed by atoms with Crippen molar-refractivity contribution in [2.45, 2.75) is 6.54 Å². The van der Waals surface area contributed by atoms with Crippen LogP contribution in [0, 0.1) is 5.82 Å². The van der Waals surface area contributed by atoms with Gasteiger partial charge in [0, 0.05) is 39.9 Å². The van der Waals surface area contributed by atoms with Crippen LogP contribution in [0.25, 0.3) is 0 Å². The Balaban J connectivity index is 1.63. The van der Waals surface area contributed by atoms with Gasteiger partial charge < -0.3 is 14.7 Å². The predicted molar refractivity (Wildman–Crippen MR) is 96.3 cm³/mol. The lowest BCUT2D eigenvalue weighted by Crippen LogP contribution is -2.50. The van der Waals surface area contributed by atoms with Gasteiger partial charge in [-0.15, -0.1) is 0 Å². The van der Waals surface area contributed by atoms with Crippen LogP contribution in [-0.4, -0.2) is 60.3 Å². The van der Waals surface area contributed by atoms with E-state index >= 15 is 0 Å². The van der Waals surface area contributed by atoms with Crippen molar-refractivity contribution in [1.82, 2.24) is 14.8 Å². The lowest BCUT2D eigenvalue weighted by atomic mass is 10.2. The first-order valence-electron chi connectivity index (χ1n) is 8.39. The molecule has 1 aromatic carbocycles. The minimum atomic E-state index is -0.301. The molecule has 1 aromatic heterocycles. The van der Waals surface area contributed by atoms with Crippen LogP contribution in [0.4, 0.5) is 10.2 Å². The van der Waals surface area contributed by atoms with Gasteiger partial charge in [-0.25, -0.2) is 9.37 Å². The van der Waals surface area contributed by atoms with Gasteiger partial charge in [-0.05, 0) is 29.8 Å². The second-order valence-corrected chi connectivity index (χ2v) is 6.47. The molecule has 0 spiro atoms. The van der Waals surface area contributed by atoms with Gasteiger partial charge in [0.25, 0.3) is 5.91 Å². The second-order valence-electron chi connectivity index (χ2n) is 6.47. The number of carbonyl (C=O) groups excluding carboxylic acids is 2. The molecule has 0 bridgehead atoms. The number of rotatable bonds is 4. The fourth-order valence-electron chi connectivity index (χ4n) is 2.88. The highest BCUT2D eigenvalue weighted by Gasteiger charge is 2.25. The van der Waals surface area contributed by atoms with Crippen molar-refractivity contribution in [3.8, 4) is 0 Å². The molecule has 1 saturated heterocycles. The number of carbonyl (C=O) groups is 2. The van der Waals surface area contributed by atoms with E-state index in [1.165, 1.54) is 23.2 Å². The van der Waals surface area contributed by atoms with Gasteiger partial charge in [-0.3, -0.25) is 9.59 Å². The first-order valence-corrected chi connectivity index (χ1v) is 8.39. The average molecular weight is 356 g/mol. The van der Waals surface area contributed by atoms with E-state index in [1.807, 2.05) is 11.0 Å². The third kappa shape index (κ3) is 3.99. The van der Waals surface area contributed by atoms with Gasteiger partial charge in [0.05, 0.1) is 12.1 Å². The molecule has 7 heteroatoms. The third-order valence-corrected chi connectivity index (χ3v) is 4.31. The van der Waals surface area contributed by atoms with Crippen molar-refractivity contribution in [3.05, 3.63) is 59.5 Å². The largest absolute Gasteiger partial charge is 0.346 e. The third-order valence-electron chi connectivity index (χ3n) is 4.31. The maximum atomic E-state index is 13.3. The van der Waals surface area contributed by atoms with Crippen LogP contribution in [0.1, 0.15) is 15.9 Å². The Kier molecular flexibility index (Phi) is 5.16. The lowest BCUT2D eigenvalue weighted by molar-refractivity contribution is -0.131. The molecule has 3 rings (SSSR count). The number of amides is 2. The number of aromatic nitrogens is 1. The minimum Gasteiger partial charge on any atom is -0.346 e. The van der Waals surface area contributed by atoms with Crippen molar-refractivity contribution in [2.24, 2.45) is 0 Å². The molecule has 0 unspecified atom stereocenters. The molecule has 2 amide bonds. The first kappa shape index (κ1) is 17.8. The predicted octanol–water partition coefficient (Wildman–Crippen LogP) is 1.77. The zero-order valence-corrected chi connectivity index (χ0v) is 14.9. The average Bonchev–Trinajstić information content (AvgIpc) is 2.63. The van der Waals surface area contributed by atoms with Crippen LogP contribution in [0.3, 0.4) is 0 Å². The molecule has 0 N–H and O–H groups in total. The van der Waals surface area contributed by atoms with Crippen molar-refractivity contribution in [1.29, 1.82) is 0 Å². The van der Waals surface area contributed by atoms with Crippen LogP contribution in [-0.2, 0) is 11.3 Å². The molecule has 6 nitrogen and oxygen atoms in total. The number of hydrogen-bond donors (Lipinski definition) is 0. The Morgan fingerprint density at radius 1 is 1.23 bits per heavy atom. The molecule has 1 fully saturated rings. The molecule has 0 saturated carbocycles. The number of piperazine rings is 1. The van der Waals surface area contributed by atoms with Gasteiger partial charge >= 0.3 is 0 Å². The van der Waals surface area contributed by atoms with Gasteiger partial charge in [0.15, 0.2) is 0 Å². The quantitative estimate of drug-likeness (QED) is 0.838. The van der Waals surface area contributed by atoms with Crippen LogP contribution in [0.15, 0.2) is 42.6 Å². The molecule has 1 aliphatic rings. The van der Waals surface area contributed by atoms with Crippen molar-refractivity contribution < 1.29 is 14.0 Å². The maximum Gasteiger partial charge on any atom is 0.254 e. The van der Waals surface area contributed by atoms with Gasteiger partial charge in [-0.2, -0.15) is 0 Å². The number of benzene rings is 1. The molecule has 136 valence electrons. The lowest BCUT2D eigenvalue weighted by Gasteiger charge is -2.35. The molecule has 26 heavy (non-hydrogen) atoms. The summed E-state index contributed by atoms with van der Waals surface area (Å²) >= 11 is 0. The Bertz CT molecular complexity index is 807. The summed E-state index contributed by atoms with van der Waals surface area (Å²) in [6.45, 7) is 1.78. The van der Waals surface area contributed by atoms with E-state index in [0.717, 1.165) is 5.56 Å². The fourth-order valence-corrected chi connectivity index (χ4v) is 2.88. The van der Waals surface area contributed by atoms with Gasteiger partial charge in [-0.1, -0.05) is 12.1 Å². The SMILES string of the molecule is CN(C)C(=O)c1ccc(N2CCN(Cc3cccc(F)c3)C(=O)C2)nc1. The Morgan fingerprint density at radius 2 is 2.04 bits per heavy atom. The Morgan fingerprint density at radius 3 is 2.65 bits per heavy atom. The number of nitrogens with zero attached hydrogens (tertiary/aromatic N) is 4. The van der Waals surface area contributed by atoms with E-state index in [1.54, 1.807) is 37.2 Å². The number of anilines is 1.